The Hall–Kier alpha value is -2.73. The number of rotatable bonds is 2. The van der Waals surface area contributed by atoms with Crippen molar-refractivity contribution < 1.29 is 19.1 Å². The molecule has 2 aromatic rings. The number of carbonyl (C=O) groups is 2. The maximum atomic E-state index is 12.9. The van der Waals surface area contributed by atoms with Gasteiger partial charge in [0, 0.05) is 5.02 Å². The number of halogens is 1. The van der Waals surface area contributed by atoms with Crippen molar-refractivity contribution >= 4 is 35.0 Å². The second-order valence-electron chi connectivity index (χ2n) is 6.12. The summed E-state index contributed by atoms with van der Waals surface area (Å²) in [5.41, 5.74) is 2.22. The fourth-order valence-corrected chi connectivity index (χ4v) is 3.00. The standard InChI is InChI=1S/C19H19ClN2O4/c1-11-4-7-17-16(8-11)22(10-12(2)26-17)19(24)21-15-9-13(20)5-6-14(15)18(23)25-3/h4-9,12H,10H2,1-3H3,(H,21,24)/t12-/m0/s1. The minimum atomic E-state index is -0.552. The first-order valence-corrected chi connectivity index (χ1v) is 8.50. The molecule has 0 saturated heterocycles. The van der Waals surface area contributed by atoms with E-state index in [9.17, 15) is 9.59 Å². The Morgan fingerprint density at radius 1 is 1.27 bits per heavy atom. The van der Waals surface area contributed by atoms with Gasteiger partial charge < -0.3 is 14.8 Å². The lowest BCUT2D eigenvalue weighted by molar-refractivity contribution is 0.0602. The number of methoxy groups -OCH3 is 1. The predicted octanol–water partition coefficient (Wildman–Crippen LogP) is 4.25. The summed E-state index contributed by atoms with van der Waals surface area (Å²) in [6.45, 7) is 4.22. The van der Waals surface area contributed by atoms with Gasteiger partial charge in [0.1, 0.15) is 11.9 Å². The fraction of sp³-hybridized carbons (Fsp3) is 0.263. The molecule has 1 aliphatic heterocycles. The molecule has 0 bridgehead atoms. The summed E-state index contributed by atoms with van der Waals surface area (Å²) < 4.78 is 10.6. The molecule has 0 radical (unpaired) electrons. The van der Waals surface area contributed by atoms with Crippen LogP contribution in [0.25, 0.3) is 0 Å². The number of anilines is 2. The Labute approximate surface area is 156 Å². The van der Waals surface area contributed by atoms with Crippen molar-refractivity contribution in [2.24, 2.45) is 0 Å². The van der Waals surface area contributed by atoms with E-state index in [2.05, 4.69) is 5.32 Å². The molecular weight excluding hydrogens is 356 g/mol. The molecule has 1 N–H and O–H groups in total. The van der Waals surface area contributed by atoms with Crippen molar-refractivity contribution in [3.05, 3.63) is 52.5 Å². The molecule has 3 rings (SSSR count). The van der Waals surface area contributed by atoms with Gasteiger partial charge in [-0.1, -0.05) is 17.7 Å². The van der Waals surface area contributed by atoms with Crippen LogP contribution in [0.5, 0.6) is 5.75 Å². The number of fused-ring (bicyclic) bond motifs is 1. The number of aryl methyl sites for hydroxylation is 1. The molecule has 0 fully saturated rings. The summed E-state index contributed by atoms with van der Waals surface area (Å²) in [6, 6.07) is 9.90. The van der Waals surface area contributed by atoms with Crippen LogP contribution in [-0.2, 0) is 4.74 Å². The molecule has 2 amide bonds. The van der Waals surface area contributed by atoms with Gasteiger partial charge in [-0.05, 0) is 49.7 Å². The third-order valence-corrected chi connectivity index (χ3v) is 4.28. The highest BCUT2D eigenvalue weighted by molar-refractivity contribution is 6.31. The molecule has 26 heavy (non-hydrogen) atoms. The maximum absolute atomic E-state index is 12.9. The van der Waals surface area contributed by atoms with E-state index < -0.39 is 5.97 Å². The van der Waals surface area contributed by atoms with Crippen molar-refractivity contribution in [3.63, 3.8) is 0 Å². The van der Waals surface area contributed by atoms with Gasteiger partial charge in [-0.3, -0.25) is 4.90 Å². The second-order valence-corrected chi connectivity index (χ2v) is 6.56. The van der Waals surface area contributed by atoms with Crippen LogP contribution in [0.1, 0.15) is 22.8 Å². The number of benzene rings is 2. The number of carbonyl (C=O) groups excluding carboxylic acids is 2. The normalized spacial score (nSPS) is 15.7. The summed E-state index contributed by atoms with van der Waals surface area (Å²) in [7, 11) is 1.28. The Morgan fingerprint density at radius 2 is 2.04 bits per heavy atom. The number of nitrogens with one attached hydrogen (secondary N) is 1. The first-order chi connectivity index (χ1) is 12.4. The van der Waals surface area contributed by atoms with Crippen LogP contribution in [0.4, 0.5) is 16.2 Å². The van der Waals surface area contributed by atoms with Crippen LogP contribution >= 0.6 is 11.6 Å². The molecule has 7 heteroatoms. The van der Waals surface area contributed by atoms with Crippen LogP contribution in [0.3, 0.4) is 0 Å². The van der Waals surface area contributed by atoms with Crippen molar-refractivity contribution in [3.8, 4) is 5.75 Å². The average molecular weight is 375 g/mol. The van der Waals surface area contributed by atoms with Gasteiger partial charge in [-0.2, -0.15) is 0 Å². The Balaban J connectivity index is 1.93. The zero-order valence-corrected chi connectivity index (χ0v) is 15.5. The summed E-state index contributed by atoms with van der Waals surface area (Å²) in [5.74, 6) is 0.0901. The van der Waals surface area contributed by atoms with Crippen molar-refractivity contribution in [2.45, 2.75) is 20.0 Å². The van der Waals surface area contributed by atoms with Crippen LogP contribution in [0.15, 0.2) is 36.4 Å². The number of ether oxygens (including phenoxy) is 2. The van der Waals surface area contributed by atoms with Crippen molar-refractivity contribution in [1.29, 1.82) is 0 Å². The van der Waals surface area contributed by atoms with Crippen molar-refractivity contribution in [1.82, 2.24) is 0 Å². The lowest BCUT2D eigenvalue weighted by Crippen LogP contribution is -2.44. The van der Waals surface area contributed by atoms with E-state index >= 15 is 0 Å². The lowest BCUT2D eigenvalue weighted by atomic mass is 10.1. The van der Waals surface area contributed by atoms with Crippen molar-refractivity contribution in [2.75, 3.05) is 23.9 Å². The van der Waals surface area contributed by atoms with Gasteiger partial charge in [-0.15, -0.1) is 0 Å². The van der Waals surface area contributed by atoms with E-state index in [1.54, 1.807) is 11.0 Å². The fourth-order valence-electron chi connectivity index (χ4n) is 2.83. The Morgan fingerprint density at radius 3 is 2.77 bits per heavy atom. The molecule has 0 spiro atoms. The van der Waals surface area contributed by atoms with Gasteiger partial charge in [0.25, 0.3) is 0 Å². The monoisotopic (exact) mass is 374 g/mol. The first kappa shape index (κ1) is 18.1. The third-order valence-electron chi connectivity index (χ3n) is 4.05. The molecule has 0 aromatic heterocycles. The molecule has 1 aliphatic rings. The topological polar surface area (TPSA) is 67.9 Å². The highest BCUT2D eigenvalue weighted by Gasteiger charge is 2.28. The second kappa shape index (κ2) is 7.25. The van der Waals surface area contributed by atoms with E-state index in [0.717, 1.165) is 5.56 Å². The smallest absolute Gasteiger partial charge is 0.339 e. The zero-order valence-electron chi connectivity index (χ0n) is 14.7. The Bertz CT molecular complexity index is 869. The quantitative estimate of drug-likeness (QED) is 0.798. The molecule has 0 saturated carbocycles. The van der Waals surface area contributed by atoms with E-state index in [0.29, 0.717) is 28.7 Å². The van der Waals surface area contributed by atoms with Crippen LogP contribution in [-0.4, -0.2) is 31.8 Å². The SMILES string of the molecule is COC(=O)c1ccc(Cl)cc1NC(=O)N1C[C@H](C)Oc2ccc(C)cc21. The predicted molar refractivity (Wildman–Crippen MR) is 100 cm³/mol. The number of amides is 2. The molecule has 0 unspecified atom stereocenters. The van der Waals surface area contributed by atoms with Gasteiger partial charge >= 0.3 is 12.0 Å². The third kappa shape index (κ3) is 3.60. The largest absolute Gasteiger partial charge is 0.487 e. The lowest BCUT2D eigenvalue weighted by Gasteiger charge is -2.33. The highest BCUT2D eigenvalue weighted by Crippen LogP contribution is 2.35. The van der Waals surface area contributed by atoms with Gasteiger partial charge in [0.2, 0.25) is 0 Å². The summed E-state index contributed by atoms with van der Waals surface area (Å²) >= 11 is 6.02. The van der Waals surface area contributed by atoms with Gasteiger partial charge in [-0.25, -0.2) is 9.59 Å². The van der Waals surface area contributed by atoms with Gasteiger partial charge in [0.15, 0.2) is 0 Å². The molecule has 6 nitrogen and oxygen atoms in total. The molecule has 136 valence electrons. The molecule has 0 aliphatic carbocycles. The average Bonchev–Trinajstić information content (AvgIpc) is 2.61. The van der Waals surface area contributed by atoms with E-state index in [1.165, 1.54) is 19.2 Å². The number of urea groups is 1. The minimum absolute atomic E-state index is 0.157. The zero-order chi connectivity index (χ0) is 18.8. The van der Waals surface area contributed by atoms with E-state index in [1.807, 2.05) is 32.0 Å². The number of hydrogen-bond acceptors (Lipinski definition) is 4. The van der Waals surface area contributed by atoms with Crippen LogP contribution in [0.2, 0.25) is 5.02 Å². The highest BCUT2D eigenvalue weighted by atomic mass is 35.5. The summed E-state index contributed by atoms with van der Waals surface area (Å²) in [6.07, 6.45) is -0.157. The molecule has 1 atom stereocenters. The van der Waals surface area contributed by atoms with E-state index in [4.69, 9.17) is 21.1 Å². The number of nitrogens with zero attached hydrogens (tertiary/aromatic N) is 1. The first-order valence-electron chi connectivity index (χ1n) is 8.12. The van der Waals surface area contributed by atoms with Crippen LogP contribution in [0, 0.1) is 6.92 Å². The molecule has 1 heterocycles. The van der Waals surface area contributed by atoms with E-state index in [-0.39, 0.29) is 17.7 Å². The Kier molecular flexibility index (Phi) is 5.04. The molecule has 2 aromatic carbocycles. The number of hydrogen-bond donors (Lipinski definition) is 1. The van der Waals surface area contributed by atoms with Crippen LogP contribution < -0.4 is 15.0 Å². The summed E-state index contributed by atoms with van der Waals surface area (Å²) in [5, 5.41) is 3.17. The summed E-state index contributed by atoms with van der Waals surface area (Å²) in [4.78, 5) is 26.5. The van der Waals surface area contributed by atoms with Gasteiger partial charge in [0.05, 0.1) is 30.6 Å². The minimum Gasteiger partial charge on any atom is -0.487 e. The molecular formula is C19H19ClN2O4. The number of esters is 1. The maximum Gasteiger partial charge on any atom is 0.339 e.